The molecule has 120 valence electrons. The van der Waals surface area contributed by atoms with Gasteiger partial charge in [0.25, 0.3) is 5.91 Å². The Morgan fingerprint density at radius 1 is 1.17 bits per heavy atom. The summed E-state index contributed by atoms with van der Waals surface area (Å²) in [4.78, 5) is 19.1. The number of pyridine rings is 1. The summed E-state index contributed by atoms with van der Waals surface area (Å²) in [5.74, 6) is 0.0623. The fourth-order valence-electron chi connectivity index (χ4n) is 2.97. The van der Waals surface area contributed by atoms with Crippen molar-refractivity contribution in [3.8, 4) is 11.1 Å². The zero-order chi connectivity index (χ0) is 16.4. The van der Waals surface area contributed by atoms with Gasteiger partial charge in [0.1, 0.15) is 0 Å². The minimum absolute atomic E-state index is 0.0623. The molecule has 2 aromatic rings. The minimum atomic E-state index is 0.0623. The highest BCUT2D eigenvalue weighted by Crippen LogP contribution is 2.21. The minimum Gasteiger partial charge on any atom is -0.333 e. The van der Waals surface area contributed by atoms with Crippen LogP contribution in [0.15, 0.2) is 42.7 Å². The van der Waals surface area contributed by atoms with Crippen LogP contribution < -0.4 is 5.32 Å². The van der Waals surface area contributed by atoms with Crippen LogP contribution in [0.5, 0.6) is 0 Å². The molecule has 2 atom stereocenters. The molecular formula is C19H23N3O. The first-order valence-electron chi connectivity index (χ1n) is 8.12. The SMILES string of the molecule is Cc1ccc(-c2cncc(C(=O)N3CCNC(C)C3C)c2)cc1. The van der Waals surface area contributed by atoms with E-state index in [1.54, 1.807) is 6.20 Å². The van der Waals surface area contributed by atoms with Crippen molar-refractivity contribution in [2.45, 2.75) is 32.9 Å². The molecule has 23 heavy (non-hydrogen) atoms. The number of piperazine rings is 1. The molecule has 4 heteroatoms. The van der Waals surface area contributed by atoms with Crippen LogP contribution in [0.2, 0.25) is 0 Å². The van der Waals surface area contributed by atoms with Crippen LogP contribution in [0.25, 0.3) is 11.1 Å². The van der Waals surface area contributed by atoms with Gasteiger partial charge < -0.3 is 10.2 Å². The molecule has 1 aromatic carbocycles. The van der Waals surface area contributed by atoms with Crippen LogP contribution >= 0.6 is 0 Å². The molecule has 1 aromatic heterocycles. The van der Waals surface area contributed by atoms with Gasteiger partial charge in [0.05, 0.1) is 5.56 Å². The summed E-state index contributed by atoms with van der Waals surface area (Å²) in [7, 11) is 0. The molecule has 0 aliphatic carbocycles. The molecule has 1 aliphatic heterocycles. The number of nitrogens with zero attached hydrogens (tertiary/aromatic N) is 2. The quantitative estimate of drug-likeness (QED) is 0.928. The number of benzene rings is 1. The molecule has 2 heterocycles. The first-order chi connectivity index (χ1) is 11.1. The van der Waals surface area contributed by atoms with E-state index in [0.717, 1.165) is 24.2 Å². The van der Waals surface area contributed by atoms with Crippen LogP contribution in [0.3, 0.4) is 0 Å². The lowest BCUT2D eigenvalue weighted by Crippen LogP contribution is -2.57. The second kappa shape index (κ2) is 6.50. The maximum Gasteiger partial charge on any atom is 0.255 e. The maximum absolute atomic E-state index is 12.9. The Morgan fingerprint density at radius 2 is 1.91 bits per heavy atom. The predicted molar refractivity (Wildman–Crippen MR) is 92.4 cm³/mol. The Bertz CT molecular complexity index is 696. The fraction of sp³-hybridized carbons (Fsp3) is 0.368. The van der Waals surface area contributed by atoms with Gasteiger partial charge in [-0.15, -0.1) is 0 Å². The van der Waals surface area contributed by atoms with Crippen molar-refractivity contribution in [3.63, 3.8) is 0 Å². The Labute approximate surface area is 137 Å². The average molecular weight is 309 g/mol. The van der Waals surface area contributed by atoms with Gasteiger partial charge in [-0.3, -0.25) is 9.78 Å². The van der Waals surface area contributed by atoms with Gasteiger partial charge in [0.2, 0.25) is 0 Å². The first kappa shape index (κ1) is 15.7. The number of carbonyl (C=O) groups excluding carboxylic acids is 1. The number of amides is 1. The molecular weight excluding hydrogens is 286 g/mol. The Hall–Kier alpha value is -2.20. The van der Waals surface area contributed by atoms with E-state index in [1.165, 1.54) is 5.56 Å². The van der Waals surface area contributed by atoms with E-state index in [9.17, 15) is 4.79 Å². The number of carbonyl (C=O) groups is 1. The molecule has 4 nitrogen and oxygen atoms in total. The zero-order valence-corrected chi connectivity index (χ0v) is 13.9. The van der Waals surface area contributed by atoms with Crippen molar-refractivity contribution >= 4 is 5.91 Å². The van der Waals surface area contributed by atoms with Gasteiger partial charge in [-0.05, 0) is 32.4 Å². The van der Waals surface area contributed by atoms with Crippen LogP contribution in [0.4, 0.5) is 0 Å². The number of hydrogen-bond donors (Lipinski definition) is 1. The average Bonchev–Trinajstić information content (AvgIpc) is 2.57. The molecule has 0 spiro atoms. The van der Waals surface area contributed by atoms with Gasteiger partial charge in [-0.2, -0.15) is 0 Å². The first-order valence-corrected chi connectivity index (χ1v) is 8.12. The summed E-state index contributed by atoms with van der Waals surface area (Å²) >= 11 is 0. The molecule has 0 bridgehead atoms. The number of rotatable bonds is 2. The van der Waals surface area contributed by atoms with Crippen molar-refractivity contribution in [3.05, 3.63) is 53.9 Å². The Balaban J connectivity index is 1.87. The lowest BCUT2D eigenvalue weighted by atomic mass is 10.0. The van der Waals surface area contributed by atoms with Gasteiger partial charge in [0.15, 0.2) is 0 Å². The van der Waals surface area contributed by atoms with E-state index in [0.29, 0.717) is 11.6 Å². The van der Waals surface area contributed by atoms with Crippen molar-refractivity contribution in [2.24, 2.45) is 0 Å². The van der Waals surface area contributed by atoms with Crippen molar-refractivity contribution in [1.82, 2.24) is 15.2 Å². The largest absolute Gasteiger partial charge is 0.333 e. The summed E-state index contributed by atoms with van der Waals surface area (Å²) < 4.78 is 0. The van der Waals surface area contributed by atoms with E-state index in [4.69, 9.17) is 0 Å². The van der Waals surface area contributed by atoms with E-state index in [2.05, 4.69) is 55.3 Å². The van der Waals surface area contributed by atoms with Gasteiger partial charge in [-0.1, -0.05) is 29.8 Å². The van der Waals surface area contributed by atoms with E-state index in [-0.39, 0.29) is 11.9 Å². The normalized spacial score (nSPS) is 21.3. The van der Waals surface area contributed by atoms with E-state index in [1.807, 2.05) is 17.2 Å². The number of aromatic nitrogens is 1. The third-order valence-electron chi connectivity index (χ3n) is 4.67. The summed E-state index contributed by atoms with van der Waals surface area (Å²) in [6.07, 6.45) is 3.48. The summed E-state index contributed by atoms with van der Waals surface area (Å²) in [6, 6.07) is 10.7. The van der Waals surface area contributed by atoms with E-state index < -0.39 is 0 Å². The van der Waals surface area contributed by atoms with Crippen molar-refractivity contribution in [1.29, 1.82) is 0 Å². The van der Waals surface area contributed by atoms with Crippen molar-refractivity contribution in [2.75, 3.05) is 13.1 Å². The highest BCUT2D eigenvalue weighted by molar-refractivity contribution is 5.95. The second-order valence-corrected chi connectivity index (χ2v) is 6.31. The van der Waals surface area contributed by atoms with Gasteiger partial charge in [-0.25, -0.2) is 0 Å². The molecule has 1 aliphatic rings. The molecule has 1 amide bonds. The zero-order valence-electron chi connectivity index (χ0n) is 13.9. The standard InChI is InChI=1S/C19H23N3O/c1-13-4-6-16(7-5-13)17-10-18(12-20-11-17)19(23)22-9-8-21-14(2)15(22)3/h4-7,10-12,14-15,21H,8-9H2,1-3H3. The lowest BCUT2D eigenvalue weighted by Gasteiger charge is -2.38. The van der Waals surface area contributed by atoms with Gasteiger partial charge >= 0.3 is 0 Å². The highest BCUT2D eigenvalue weighted by Gasteiger charge is 2.28. The summed E-state index contributed by atoms with van der Waals surface area (Å²) in [5.41, 5.74) is 3.94. The predicted octanol–water partition coefficient (Wildman–Crippen LogP) is 2.88. The molecule has 1 N–H and O–H groups in total. The van der Waals surface area contributed by atoms with Crippen LogP contribution in [-0.4, -0.2) is 41.0 Å². The van der Waals surface area contributed by atoms with Crippen molar-refractivity contribution < 1.29 is 4.79 Å². The molecule has 2 unspecified atom stereocenters. The monoisotopic (exact) mass is 309 g/mol. The molecule has 3 rings (SSSR count). The second-order valence-electron chi connectivity index (χ2n) is 6.31. The van der Waals surface area contributed by atoms with Crippen LogP contribution in [0, 0.1) is 6.92 Å². The van der Waals surface area contributed by atoms with Crippen LogP contribution in [-0.2, 0) is 0 Å². The molecule has 1 fully saturated rings. The lowest BCUT2D eigenvalue weighted by molar-refractivity contribution is 0.0602. The third-order valence-corrected chi connectivity index (χ3v) is 4.67. The van der Waals surface area contributed by atoms with Crippen LogP contribution in [0.1, 0.15) is 29.8 Å². The number of aryl methyl sites for hydroxylation is 1. The topological polar surface area (TPSA) is 45.2 Å². The molecule has 1 saturated heterocycles. The molecule has 0 radical (unpaired) electrons. The number of hydrogen-bond acceptors (Lipinski definition) is 3. The smallest absolute Gasteiger partial charge is 0.255 e. The number of nitrogens with one attached hydrogen (secondary N) is 1. The van der Waals surface area contributed by atoms with E-state index >= 15 is 0 Å². The summed E-state index contributed by atoms with van der Waals surface area (Å²) in [5, 5.41) is 3.40. The Kier molecular flexibility index (Phi) is 4.44. The third kappa shape index (κ3) is 3.27. The summed E-state index contributed by atoms with van der Waals surface area (Å²) in [6.45, 7) is 7.84. The molecule has 0 saturated carbocycles. The van der Waals surface area contributed by atoms with Gasteiger partial charge in [0, 0.05) is 43.1 Å². The Morgan fingerprint density at radius 3 is 2.65 bits per heavy atom. The highest BCUT2D eigenvalue weighted by atomic mass is 16.2. The maximum atomic E-state index is 12.9. The fourth-order valence-corrected chi connectivity index (χ4v) is 2.97.